The van der Waals surface area contributed by atoms with E-state index >= 15 is 0 Å². The minimum atomic E-state index is 0.00888. The van der Waals surface area contributed by atoms with Gasteiger partial charge < -0.3 is 4.57 Å². The van der Waals surface area contributed by atoms with Crippen molar-refractivity contribution in [1.82, 2.24) is 4.57 Å². The largest absolute Gasteiger partial charge is 0.308 e. The molecule has 0 aliphatic rings. The van der Waals surface area contributed by atoms with Gasteiger partial charge in [0.1, 0.15) is 0 Å². The maximum Gasteiger partial charge on any atom is 0.197 e. The van der Waals surface area contributed by atoms with Crippen molar-refractivity contribution in [1.29, 1.82) is 0 Å². The van der Waals surface area contributed by atoms with E-state index in [1.807, 2.05) is 54.6 Å². The number of rotatable bonds is 1. The van der Waals surface area contributed by atoms with Crippen LogP contribution in [0.1, 0.15) is 0 Å². The van der Waals surface area contributed by atoms with Crippen molar-refractivity contribution in [2.24, 2.45) is 0 Å². The molecular weight excluding hydrogens is 342 g/mol. The average Bonchev–Trinajstić information content (AvgIpc) is 2.69. The number of nitrogens with zero attached hydrogens (tertiary/aromatic N) is 1. The highest BCUT2D eigenvalue weighted by molar-refractivity contribution is 6.31. The Morgan fingerprint density at radius 3 is 2.23 bits per heavy atom. The molecule has 0 unspecified atom stereocenters. The fourth-order valence-corrected chi connectivity index (χ4v) is 3.86. The summed E-state index contributed by atoms with van der Waals surface area (Å²) in [6.45, 7) is 0. The number of fused-ring (bicyclic) bond motifs is 3. The van der Waals surface area contributed by atoms with Crippen LogP contribution >= 0.6 is 11.6 Å². The van der Waals surface area contributed by atoms with Crippen LogP contribution in [0.25, 0.3) is 38.3 Å². The molecule has 0 N–H and O–H groups in total. The third-order valence-electron chi connectivity index (χ3n) is 4.84. The molecule has 5 aromatic rings. The maximum atomic E-state index is 13.0. The first kappa shape index (κ1) is 15.2. The van der Waals surface area contributed by atoms with Crippen LogP contribution in [0.3, 0.4) is 0 Å². The fraction of sp³-hybridized carbons (Fsp3) is 0. The highest BCUT2D eigenvalue weighted by Gasteiger charge is 2.13. The third-order valence-corrected chi connectivity index (χ3v) is 5.08. The molecule has 0 aliphatic carbocycles. The van der Waals surface area contributed by atoms with Gasteiger partial charge >= 0.3 is 0 Å². The zero-order chi connectivity index (χ0) is 17.7. The second-order valence-corrected chi connectivity index (χ2v) is 6.78. The number of pyridine rings is 1. The molecule has 5 rings (SSSR count). The van der Waals surface area contributed by atoms with Crippen molar-refractivity contribution in [2.75, 3.05) is 0 Å². The van der Waals surface area contributed by atoms with Crippen molar-refractivity contribution in [3.63, 3.8) is 0 Å². The molecule has 2 nitrogen and oxygen atoms in total. The number of aromatic nitrogens is 1. The van der Waals surface area contributed by atoms with Gasteiger partial charge in [0.15, 0.2) is 5.43 Å². The van der Waals surface area contributed by atoms with Gasteiger partial charge in [0, 0.05) is 21.2 Å². The SMILES string of the molecule is O=c1c2ccccc2n(-c2cccc3ccccc23)c2ccc(Cl)cc12. The summed E-state index contributed by atoms with van der Waals surface area (Å²) in [7, 11) is 0. The first-order valence-corrected chi connectivity index (χ1v) is 8.83. The Labute approximate surface area is 154 Å². The van der Waals surface area contributed by atoms with Gasteiger partial charge in [-0.2, -0.15) is 0 Å². The normalized spacial score (nSPS) is 11.4. The molecule has 1 aromatic heterocycles. The lowest BCUT2D eigenvalue weighted by molar-refractivity contribution is 1.18. The van der Waals surface area contributed by atoms with Crippen LogP contribution in [-0.4, -0.2) is 4.57 Å². The number of para-hydroxylation sites is 1. The Bertz CT molecular complexity index is 1360. The molecule has 124 valence electrons. The van der Waals surface area contributed by atoms with Crippen LogP contribution in [-0.2, 0) is 0 Å². The van der Waals surface area contributed by atoms with Gasteiger partial charge in [-0.15, -0.1) is 0 Å². The molecule has 0 saturated carbocycles. The van der Waals surface area contributed by atoms with Crippen molar-refractivity contribution < 1.29 is 0 Å². The van der Waals surface area contributed by atoms with E-state index in [4.69, 9.17) is 11.6 Å². The summed E-state index contributed by atoms with van der Waals surface area (Å²) in [5.74, 6) is 0. The second-order valence-electron chi connectivity index (χ2n) is 6.34. The molecule has 0 radical (unpaired) electrons. The topological polar surface area (TPSA) is 22.0 Å². The van der Waals surface area contributed by atoms with Crippen LogP contribution in [0.15, 0.2) is 89.7 Å². The van der Waals surface area contributed by atoms with E-state index in [1.54, 1.807) is 6.07 Å². The van der Waals surface area contributed by atoms with Crippen LogP contribution in [0.2, 0.25) is 5.02 Å². The Kier molecular flexibility index (Phi) is 3.34. The Balaban J connectivity index is 2.07. The summed E-state index contributed by atoms with van der Waals surface area (Å²) in [4.78, 5) is 13.0. The van der Waals surface area contributed by atoms with E-state index in [9.17, 15) is 4.79 Å². The zero-order valence-electron chi connectivity index (χ0n) is 13.8. The van der Waals surface area contributed by atoms with Crippen LogP contribution in [0, 0.1) is 0 Å². The Hall–Kier alpha value is -3.10. The molecule has 0 amide bonds. The molecule has 3 heteroatoms. The summed E-state index contributed by atoms with van der Waals surface area (Å²) in [6, 6.07) is 27.8. The van der Waals surface area contributed by atoms with Crippen LogP contribution in [0.4, 0.5) is 0 Å². The lowest BCUT2D eigenvalue weighted by Crippen LogP contribution is -2.10. The number of halogens is 1. The molecule has 0 saturated heterocycles. The number of hydrogen-bond donors (Lipinski definition) is 0. The molecule has 1 heterocycles. The molecule has 0 aliphatic heterocycles. The van der Waals surface area contributed by atoms with Gasteiger partial charge in [-0.3, -0.25) is 4.79 Å². The average molecular weight is 356 g/mol. The van der Waals surface area contributed by atoms with E-state index in [0.29, 0.717) is 15.8 Å². The molecule has 0 atom stereocenters. The molecule has 0 spiro atoms. The minimum Gasteiger partial charge on any atom is -0.308 e. The van der Waals surface area contributed by atoms with Crippen molar-refractivity contribution in [3.8, 4) is 5.69 Å². The standard InChI is InChI=1S/C23H14ClNO/c24-16-12-13-22-19(14-16)23(26)18-9-3-4-10-21(18)25(22)20-11-5-7-15-6-1-2-8-17(15)20/h1-14H. The predicted octanol–water partition coefficient (Wildman–Crippen LogP) is 5.95. The van der Waals surface area contributed by atoms with Gasteiger partial charge in [-0.25, -0.2) is 0 Å². The highest BCUT2D eigenvalue weighted by Crippen LogP contribution is 2.29. The van der Waals surface area contributed by atoms with E-state index in [1.165, 1.54) is 0 Å². The fourth-order valence-electron chi connectivity index (χ4n) is 3.68. The quantitative estimate of drug-likeness (QED) is 0.340. The van der Waals surface area contributed by atoms with Gasteiger partial charge in [-0.1, -0.05) is 60.1 Å². The van der Waals surface area contributed by atoms with Crippen molar-refractivity contribution >= 4 is 44.2 Å². The molecule has 0 bridgehead atoms. The lowest BCUT2D eigenvalue weighted by Gasteiger charge is -2.17. The Morgan fingerprint density at radius 1 is 0.654 bits per heavy atom. The van der Waals surface area contributed by atoms with Gasteiger partial charge in [-0.05, 0) is 41.8 Å². The molecule has 0 fully saturated rings. The second kappa shape index (κ2) is 5.72. The smallest absolute Gasteiger partial charge is 0.197 e. The van der Waals surface area contributed by atoms with E-state index in [-0.39, 0.29) is 5.43 Å². The minimum absolute atomic E-state index is 0.00888. The number of benzene rings is 4. The third kappa shape index (κ3) is 2.16. The maximum absolute atomic E-state index is 13.0. The lowest BCUT2D eigenvalue weighted by atomic mass is 10.1. The zero-order valence-corrected chi connectivity index (χ0v) is 14.6. The Morgan fingerprint density at radius 2 is 1.35 bits per heavy atom. The van der Waals surface area contributed by atoms with Crippen molar-refractivity contribution in [2.45, 2.75) is 0 Å². The van der Waals surface area contributed by atoms with Crippen molar-refractivity contribution in [3.05, 3.63) is 100 Å². The summed E-state index contributed by atoms with van der Waals surface area (Å²) in [5, 5.41) is 4.18. The molecule has 26 heavy (non-hydrogen) atoms. The van der Waals surface area contributed by atoms with Crippen LogP contribution < -0.4 is 5.43 Å². The van der Waals surface area contributed by atoms with Gasteiger partial charge in [0.2, 0.25) is 0 Å². The first-order valence-electron chi connectivity index (χ1n) is 8.45. The monoisotopic (exact) mass is 355 g/mol. The first-order chi connectivity index (χ1) is 12.7. The van der Waals surface area contributed by atoms with E-state index in [0.717, 1.165) is 27.5 Å². The highest BCUT2D eigenvalue weighted by atomic mass is 35.5. The van der Waals surface area contributed by atoms with Gasteiger partial charge in [0.05, 0.1) is 16.7 Å². The summed E-state index contributed by atoms with van der Waals surface area (Å²) in [6.07, 6.45) is 0. The van der Waals surface area contributed by atoms with E-state index < -0.39 is 0 Å². The van der Waals surface area contributed by atoms with Crippen LogP contribution in [0.5, 0.6) is 0 Å². The van der Waals surface area contributed by atoms with E-state index in [2.05, 4.69) is 28.8 Å². The molecular formula is C23H14ClNO. The predicted molar refractivity (Wildman–Crippen MR) is 110 cm³/mol. The molecule has 4 aromatic carbocycles. The summed E-state index contributed by atoms with van der Waals surface area (Å²) >= 11 is 6.19. The summed E-state index contributed by atoms with van der Waals surface area (Å²) in [5.41, 5.74) is 2.80. The summed E-state index contributed by atoms with van der Waals surface area (Å²) < 4.78 is 2.16. The van der Waals surface area contributed by atoms with Gasteiger partial charge in [0.25, 0.3) is 0 Å². The number of hydrogen-bond acceptors (Lipinski definition) is 1.